The normalized spacial score (nSPS) is 12.1. The molecule has 5 nitrogen and oxygen atoms in total. The Bertz CT molecular complexity index is 2830. The second-order valence-corrected chi connectivity index (χ2v) is 11.3. The number of fused-ring (bicyclic) bond motifs is 11. The van der Waals surface area contributed by atoms with Crippen LogP contribution in [0.2, 0.25) is 0 Å². The van der Waals surface area contributed by atoms with E-state index in [1.807, 2.05) is 42.5 Å². The third kappa shape index (κ3) is 2.91. The molecule has 202 valence electrons. The van der Waals surface area contributed by atoms with Crippen LogP contribution in [0.3, 0.4) is 0 Å². The average molecular weight is 560 g/mol. The van der Waals surface area contributed by atoms with Gasteiger partial charge in [-0.15, -0.1) is 0 Å². The van der Waals surface area contributed by atoms with Gasteiger partial charge in [0.1, 0.15) is 0 Å². The Morgan fingerprint density at radius 3 is 1.89 bits per heavy atom. The lowest BCUT2D eigenvalue weighted by Gasteiger charge is -2.12. The Labute approximate surface area is 251 Å². The summed E-state index contributed by atoms with van der Waals surface area (Å²) in [5.74, 6) is 0.626. The van der Waals surface area contributed by atoms with E-state index in [9.17, 15) is 0 Å². The summed E-state index contributed by atoms with van der Waals surface area (Å²) in [5.41, 5.74) is 9.11. The van der Waals surface area contributed by atoms with Gasteiger partial charge in [0.25, 0.3) is 0 Å². The van der Waals surface area contributed by atoms with Gasteiger partial charge in [-0.3, -0.25) is 4.57 Å². The van der Waals surface area contributed by atoms with E-state index in [2.05, 4.69) is 98.7 Å². The van der Waals surface area contributed by atoms with Gasteiger partial charge in [0, 0.05) is 37.7 Å². The van der Waals surface area contributed by atoms with Crippen LogP contribution in [0.4, 0.5) is 5.69 Å². The maximum absolute atomic E-state index is 7.41. The van der Waals surface area contributed by atoms with Gasteiger partial charge < -0.3 is 4.40 Å². The van der Waals surface area contributed by atoms with E-state index in [1.54, 1.807) is 0 Å². The average Bonchev–Trinajstić information content (AvgIpc) is 3.72. The Morgan fingerprint density at radius 1 is 0.523 bits per heavy atom. The molecule has 0 saturated carbocycles. The predicted molar refractivity (Wildman–Crippen MR) is 180 cm³/mol. The monoisotopic (exact) mass is 559 g/mol. The summed E-state index contributed by atoms with van der Waals surface area (Å²) >= 11 is 0. The standard InChI is InChI=1S/C39H21N5/c1-40-24-20-18-23(19-21-24)37-26-11-2-6-14-30(26)41-39(42-37)44-33-17-9-4-12-27(33)35-34(44)22-29-25-10-3-7-15-31(25)43-32-16-8-5-13-28(32)36(35)38(29)43/h2-22H. The maximum Gasteiger partial charge on any atom is 0.235 e. The van der Waals surface area contributed by atoms with Crippen LogP contribution in [-0.2, 0) is 0 Å². The third-order valence-electron chi connectivity index (χ3n) is 9.07. The molecule has 0 aliphatic heterocycles. The Balaban J connectivity index is 1.41. The van der Waals surface area contributed by atoms with Gasteiger partial charge in [-0.1, -0.05) is 97.1 Å². The van der Waals surface area contributed by atoms with Crippen molar-refractivity contribution in [1.29, 1.82) is 0 Å². The summed E-state index contributed by atoms with van der Waals surface area (Å²) in [5, 5.41) is 8.32. The van der Waals surface area contributed by atoms with E-state index in [1.165, 1.54) is 48.9 Å². The smallest absolute Gasteiger partial charge is 0.235 e. The zero-order chi connectivity index (χ0) is 28.9. The third-order valence-corrected chi connectivity index (χ3v) is 9.07. The number of benzene rings is 6. The molecular formula is C39H21N5. The summed E-state index contributed by atoms with van der Waals surface area (Å²) in [4.78, 5) is 14.0. The summed E-state index contributed by atoms with van der Waals surface area (Å²) in [6.07, 6.45) is 0. The molecule has 0 atom stereocenters. The highest BCUT2D eigenvalue weighted by Gasteiger charge is 2.25. The summed E-state index contributed by atoms with van der Waals surface area (Å²) in [6.45, 7) is 7.41. The molecule has 0 aliphatic carbocycles. The van der Waals surface area contributed by atoms with Gasteiger partial charge in [0.15, 0.2) is 5.69 Å². The van der Waals surface area contributed by atoms with Gasteiger partial charge in [-0.25, -0.2) is 14.8 Å². The van der Waals surface area contributed by atoms with E-state index in [0.29, 0.717) is 11.6 Å². The lowest BCUT2D eigenvalue weighted by molar-refractivity contribution is 1.01. The van der Waals surface area contributed by atoms with Gasteiger partial charge >= 0.3 is 0 Å². The number of nitrogens with zero attached hydrogens (tertiary/aromatic N) is 5. The van der Waals surface area contributed by atoms with Gasteiger partial charge in [-0.05, 0) is 35.9 Å². The van der Waals surface area contributed by atoms with Crippen LogP contribution in [0.1, 0.15) is 0 Å². The second-order valence-electron chi connectivity index (χ2n) is 11.3. The lowest BCUT2D eigenvalue weighted by Crippen LogP contribution is -2.03. The molecule has 0 spiro atoms. The van der Waals surface area contributed by atoms with Crippen molar-refractivity contribution in [3.8, 4) is 17.2 Å². The Kier molecular flexibility index (Phi) is 4.46. The predicted octanol–water partition coefficient (Wildman–Crippen LogP) is 10.1. The van der Waals surface area contributed by atoms with Gasteiger partial charge in [0.05, 0.1) is 45.4 Å². The molecule has 4 aromatic heterocycles. The van der Waals surface area contributed by atoms with Crippen LogP contribution in [0, 0.1) is 6.57 Å². The van der Waals surface area contributed by atoms with Crippen molar-refractivity contribution in [2.24, 2.45) is 0 Å². The first-order valence-electron chi connectivity index (χ1n) is 14.6. The number of aromatic nitrogens is 4. The van der Waals surface area contributed by atoms with Crippen LogP contribution >= 0.6 is 0 Å². The van der Waals surface area contributed by atoms with E-state index >= 15 is 0 Å². The summed E-state index contributed by atoms with van der Waals surface area (Å²) in [6, 6.07) is 44.2. The molecule has 0 unspecified atom stereocenters. The van der Waals surface area contributed by atoms with E-state index in [-0.39, 0.29) is 0 Å². The first-order chi connectivity index (χ1) is 21.8. The van der Waals surface area contributed by atoms with Crippen molar-refractivity contribution in [3.63, 3.8) is 0 Å². The van der Waals surface area contributed by atoms with Crippen LogP contribution in [0.25, 0.3) is 92.9 Å². The fourth-order valence-corrected chi connectivity index (χ4v) is 7.26. The van der Waals surface area contributed by atoms with Crippen LogP contribution in [0.15, 0.2) is 127 Å². The van der Waals surface area contributed by atoms with Gasteiger partial charge in [0.2, 0.25) is 5.95 Å². The van der Waals surface area contributed by atoms with E-state index < -0.39 is 0 Å². The SMILES string of the molecule is [C-]#[N+]c1ccc(-c2nc(-n3c4ccccc4c4c5c6ccccc6n6c7ccccc7c(cc43)c56)nc3ccccc23)cc1. The zero-order valence-electron chi connectivity index (χ0n) is 23.4. The van der Waals surface area contributed by atoms with Crippen molar-refractivity contribution >= 4 is 76.5 Å². The molecule has 10 aromatic rings. The number of para-hydroxylation sites is 4. The lowest BCUT2D eigenvalue weighted by atomic mass is 10.0. The first kappa shape index (κ1) is 23.3. The van der Waals surface area contributed by atoms with Crippen molar-refractivity contribution in [2.45, 2.75) is 0 Å². The fourth-order valence-electron chi connectivity index (χ4n) is 7.26. The van der Waals surface area contributed by atoms with Crippen molar-refractivity contribution in [1.82, 2.24) is 18.9 Å². The van der Waals surface area contributed by atoms with E-state index in [0.717, 1.165) is 33.2 Å². The molecule has 0 saturated heterocycles. The molecule has 44 heavy (non-hydrogen) atoms. The minimum absolute atomic E-state index is 0.608. The van der Waals surface area contributed by atoms with Crippen molar-refractivity contribution < 1.29 is 0 Å². The van der Waals surface area contributed by atoms with Gasteiger partial charge in [-0.2, -0.15) is 0 Å². The fraction of sp³-hybridized carbons (Fsp3) is 0. The molecule has 10 rings (SSSR count). The maximum atomic E-state index is 7.41. The Hall–Kier alpha value is -6.25. The van der Waals surface area contributed by atoms with Crippen LogP contribution in [0.5, 0.6) is 0 Å². The molecule has 6 aromatic carbocycles. The van der Waals surface area contributed by atoms with Crippen molar-refractivity contribution in [3.05, 3.63) is 139 Å². The van der Waals surface area contributed by atoms with Crippen LogP contribution < -0.4 is 0 Å². The molecule has 0 radical (unpaired) electrons. The zero-order valence-corrected chi connectivity index (χ0v) is 23.4. The highest BCUT2D eigenvalue weighted by molar-refractivity contribution is 6.35. The largest absolute Gasteiger partial charge is 0.308 e. The highest BCUT2D eigenvalue weighted by atomic mass is 15.2. The topological polar surface area (TPSA) is 39.5 Å². The molecule has 0 N–H and O–H groups in total. The molecule has 0 fully saturated rings. The van der Waals surface area contributed by atoms with Crippen molar-refractivity contribution in [2.75, 3.05) is 0 Å². The minimum Gasteiger partial charge on any atom is -0.308 e. The molecule has 0 amide bonds. The molecule has 0 bridgehead atoms. The molecule has 0 aliphatic rings. The minimum atomic E-state index is 0.608. The number of rotatable bonds is 2. The highest BCUT2D eigenvalue weighted by Crippen LogP contribution is 2.46. The molecular weight excluding hydrogens is 538 g/mol. The Morgan fingerprint density at radius 2 is 1.14 bits per heavy atom. The first-order valence-corrected chi connectivity index (χ1v) is 14.6. The summed E-state index contributed by atoms with van der Waals surface area (Å²) in [7, 11) is 0. The quantitative estimate of drug-likeness (QED) is 0.198. The second kappa shape index (κ2) is 8.41. The van der Waals surface area contributed by atoms with Crippen LogP contribution in [-0.4, -0.2) is 18.9 Å². The number of hydrogen-bond donors (Lipinski definition) is 0. The summed E-state index contributed by atoms with van der Waals surface area (Å²) < 4.78 is 4.66. The number of hydrogen-bond acceptors (Lipinski definition) is 2. The molecule has 5 heteroatoms. The van der Waals surface area contributed by atoms with E-state index in [4.69, 9.17) is 16.5 Å². The molecule has 4 heterocycles.